The van der Waals surface area contributed by atoms with Crippen molar-refractivity contribution in [3.63, 3.8) is 0 Å². The maximum absolute atomic E-state index is 13.0. The van der Waals surface area contributed by atoms with Gasteiger partial charge in [0.15, 0.2) is 11.5 Å². The molecule has 0 saturated heterocycles. The minimum absolute atomic E-state index is 0.248. The van der Waals surface area contributed by atoms with Crippen LogP contribution < -0.4 is 14.8 Å². The number of nitrogens with one attached hydrogen (secondary N) is 1. The second-order valence-electron chi connectivity index (χ2n) is 8.24. The van der Waals surface area contributed by atoms with Crippen LogP contribution in [0.1, 0.15) is 43.5 Å². The third-order valence-corrected chi connectivity index (χ3v) is 5.34. The van der Waals surface area contributed by atoms with Crippen molar-refractivity contribution in [2.75, 3.05) is 12.4 Å². The van der Waals surface area contributed by atoms with Crippen LogP contribution in [0.4, 0.5) is 5.95 Å². The average Bonchev–Trinajstić information content (AvgIpc) is 3.24. The van der Waals surface area contributed by atoms with E-state index in [1.807, 2.05) is 64.1 Å². The van der Waals surface area contributed by atoms with E-state index in [1.165, 1.54) is 11.9 Å². The number of aryl methyl sites for hydroxylation is 1. The third kappa shape index (κ3) is 4.69. The van der Waals surface area contributed by atoms with E-state index in [1.54, 1.807) is 11.8 Å². The number of hydrogen-bond acceptors (Lipinski definition) is 7. The van der Waals surface area contributed by atoms with Gasteiger partial charge in [0.2, 0.25) is 5.95 Å². The molecule has 4 rings (SSSR count). The summed E-state index contributed by atoms with van der Waals surface area (Å²) in [4.78, 5) is 17.3. The summed E-state index contributed by atoms with van der Waals surface area (Å²) in [5.41, 5.74) is 4.19. The van der Waals surface area contributed by atoms with Gasteiger partial charge in [-0.15, -0.1) is 0 Å². The summed E-state index contributed by atoms with van der Waals surface area (Å²) >= 11 is 0. The van der Waals surface area contributed by atoms with Gasteiger partial charge in [-0.25, -0.2) is 9.48 Å². The van der Waals surface area contributed by atoms with Crippen LogP contribution in [-0.4, -0.2) is 33.9 Å². The molecule has 1 aromatic heterocycles. The number of allylic oxidation sites excluding steroid dienone is 1. The molecule has 0 saturated carbocycles. The van der Waals surface area contributed by atoms with Crippen molar-refractivity contribution in [2.45, 2.75) is 46.4 Å². The molecule has 33 heavy (non-hydrogen) atoms. The number of nitrogens with zero attached hydrogens (tertiary/aromatic N) is 3. The zero-order valence-corrected chi connectivity index (χ0v) is 19.5. The highest BCUT2D eigenvalue weighted by Crippen LogP contribution is 2.39. The van der Waals surface area contributed by atoms with Crippen LogP contribution >= 0.6 is 0 Å². The molecular weight excluding hydrogens is 420 g/mol. The van der Waals surface area contributed by atoms with Gasteiger partial charge in [-0.3, -0.25) is 0 Å². The van der Waals surface area contributed by atoms with Crippen molar-refractivity contribution in [2.24, 2.45) is 0 Å². The van der Waals surface area contributed by atoms with Gasteiger partial charge in [-0.2, -0.15) is 10.1 Å². The standard InChI is InChI=1S/C25H28N4O4/c1-15(2)33-24(30)22-17(4)28-25-26-14-27-29(25)23(22)19-9-10-20(21(12-19)31-5)32-13-18-8-6-7-16(3)11-18/h6-12,14-15,23H,13H2,1-5H3,(H,26,27,28). The Labute approximate surface area is 193 Å². The summed E-state index contributed by atoms with van der Waals surface area (Å²) in [5.74, 6) is 1.33. The van der Waals surface area contributed by atoms with E-state index in [0.29, 0.717) is 35.3 Å². The van der Waals surface area contributed by atoms with Crippen LogP contribution in [0.25, 0.3) is 0 Å². The number of aromatic nitrogens is 3. The molecule has 1 atom stereocenters. The Hall–Kier alpha value is -3.81. The second kappa shape index (κ2) is 9.36. The lowest BCUT2D eigenvalue weighted by molar-refractivity contribution is -0.143. The van der Waals surface area contributed by atoms with E-state index in [0.717, 1.165) is 11.1 Å². The number of fused-ring (bicyclic) bond motifs is 1. The topological polar surface area (TPSA) is 87.5 Å². The molecule has 172 valence electrons. The summed E-state index contributed by atoms with van der Waals surface area (Å²) in [6, 6.07) is 13.3. The molecule has 2 heterocycles. The Morgan fingerprint density at radius 3 is 2.70 bits per heavy atom. The zero-order chi connectivity index (χ0) is 23.5. The highest BCUT2D eigenvalue weighted by Gasteiger charge is 2.35. The van der Waals surface area contributed by atoms with Crippen molar-refractivity contribution in [1.29, 1.82) is 0 Å². The molecule has 8 nitrogen and oxygen atoms in total. The van der Waals surface area contributed by atoms with Crippen LogP contribution in [0.5, 0.6) is 11.5 Å². The molecular formula is C25H28N4O4. The monoisotopic (exact) mass is 448 g/mol. The molecule has 3 aromatic rings. The maximum Gasteiger partial charge on any atom is 0.338 e. The summed E-state index contributed by atoms with van der Waals surface area (Å²) in [5, 5.41) is 7.49. The van der Waals surface area contributed by atoms with Crippen LogP contribution in [0.15, 0.2) is 60.1 Å². The number of hydrogen-bond donors (Lipinski definition) is 1. The molecule has 0 bridgehead atoms. The molecule has 8 heteroatoms. The van der Waals surface area contributed by atoms with Crippen LogP contribution in [0.2, 0.25) is 0 Å². The number of anilines is 1. The molecule has 2 aromatic carbocycles. The quantitative estimate of drug-likeness (QED) is 0.536. The van der Waals surface area contributed by atoms with E-state index in [4.69, 9.17) is 14.2 Å². The predicted molar refractivity (Wildman–Crippen MR) is 124 cm³/mol. The van der Waals surface area contributed by atoms with Crippen molar-refractivity contribution < 1.29 is 19.0 Å². The molecule has 0 spiro atoms. The van der Waals surface area contributed by atoms with Crippen molar-refractivity contribution in [3.05, 3.63) is 76.8 Å². The van der Waals surface area contributed by atoms with E-state index in [-0.39, 0.29) is 6.10 Å². The van der Waals surface area contributed by atoms with E-state index < -0.39 is 12.0 Å². The smallest absolute Gasteiger partial charge is 0.338 e. The number of benzene rings is 2. The molecule has 1 unspecified atom stereocenters. The molecule has 0 radical (unpaired) electrons. The lowest BCUT2D eigenvalue weighted by atomic mass is 9.95. The number of rotatable bonds is 7. The molecule has 1 aliphatic heterocycles. The fourth-order valence-electron chi connectivity index (χ4n) is 3.88. The SMILES string of the molecule is COc1cc(C2C(C(=O)OC(C)C)=C(C)Nc3ncnn32)ccc1OCc1cccc(C)c1. The fraction of sp³-hybridized carbons (Fsp3) is 0.320. The van der Waals surface area contributed by atoms with Gasteiger partial charge in [0.1, 0.15) is 19.0 Å². The average molecular weight is 449 g/mol. The first kappa shape index (κ1) is 22.4. The van der Waals surface area contributed by atoms with Gasteiger partial charge in [-0.1, -0.05) is 35.9 Å². The zero-order valence-electron chi connectivity index (χ0n) is 19.5. The maximum atomic E-state index is 13.0. The molecule has 1 N–H and O–H groups in total. The summed E-state index contributed by atoms with van der Waals surface area (Å²) in [6.45, 7) is 7.95. The van der Waals surface area contributed by atoms with Crippen molar-refractivity contribution in [1.82, 2.24) is 14.8 Å². The van der Waals surface area contributed by atoms with Crippen LogP contribution in [0, 0.1) is 6.92 Å². The Bertz CT molecular complexity index is 1200. The number of esters is 1. The Morgan fingerprint density at radius 2 is 1.97 bits per heavy atom. The normalized spacial score (nSPS) is 15.2. The molecule has 0 aliphatic carbocycles. The van der Waals surface area contributed by atoms with Gasteiger partial charge in [0, 0.05) is 5.70 Å². The number of carbonyl (C=O) groups excluding carboxylic acids is 1. The molecule has 0 amide bonds. The lowest BCUT2D eigenvalue weighted by Crippen LogP contribution is -2.30. The van der Waals surface area contributed by atoms with Gasteiger partial charge in [0.05, 0.1) is 18.8 Å². The highest BCUT2D eigenvalue weighted by molar-refractivity contribution is 5.92. The van der Waals surface area contributed by atoms with Gasteiger partial charge >= 0.3 is 5.97 Å². The Morgan fingerprint density at radius 1 is 1.15 bits per heavy atom. The molecule has 1 aliphatic rings. The predicted octanol–water partition coefficient (Wildman–Crippen LogP) is 4.41. The van der Waals surface area contributed by atoms with E-state index in [9.17, 15) is 4.79 Å². The number of methoxy groups -OCH3 is 1. The van der Waals surface area contributed by atoms with E-state index >= 15 is 0 Å². The summed E-state index contributed by atoms with van der Waals surface area (Å²) in [7, 11) is 1.59. The Balaban J connectivity index is 1.68. The van der Waals surface area contributed by atoms with Gasteiger partial charge in [-0.05, 0) is 51.0 Å². The fourth-order valence-corrected chi connectivity index (χ4v) is 3.88. The minimum Gasteiger partial charge on any atom is -0.493 e. The van der Waals surface area contributed by atoms with Gasteiger partial charge < -0.3 is 19.5 Å². The van der Waals surface area contributed by atoms with Gasteiger partial charge in [0.25, 0.3) is 0 Å². The van der Waals surface area contributed by atoms with Crippen molar-refractivity contribution in [3.8, 4) is 11.5 Å². The van der Waals surface area contributed by atoms with Crippen molar-refractivity contribution >= 4 is 11.9 Å². The first-order valence-electron chi connectivity index (χ1n) is 10.8. The summed E-state index contributed by atoms with van der Waals surface area (Å²) in [6.07, 6.45) is 1.21. The second-order valence-corrected chi connectivity index (χ2v) is 8.24. The number of carbonyl (C=O) groups is 1. The van der Waals surface area contributed by atoms with Crippen LogP contribution in [-0.2, 0) is 16.1 Å². The lowest BCUT2D eigenvalue weighted by Gasteiger charge is -2.29. The third-order valence-electron chi connectivity index (χ3n) is 5.34. The number of ether oxygens (including phenoxy) is 3. The highest BCUT2D eigenvalue weighted by atomic mass is 16.5. The minimum atomic E-state index is -0.519. The first-order valence-corrected chi connectivity index (χ1v) is 10.8. The van der Waals surface area contributed by atoms with Crippen LogP contribution in [0.3, 0.4) is 0 Å². The summed E-state index contributed by atoms with van der Waals surface area (Å²) < 4.78 is 18.9. The van der Waals surface area contributed by atoms with E-state index in [2.05, 4.69) is 21.5 Å². The molecule has 0 fully saturated rings. The largest absolute Gasteiger partial charge is 0.493 e. The first-order chi connectivity index (χ1) is 15.9. The Kier molecular flexibility index (Phi) is 6.35.